The number of thiocarbonyl (C=S) groups is 1. The maximum absolute atomic E-state index is 14.2. The number of nitrogen functional groups attached to an aromatic ring is 1. The van der Waals surface area contributed by atoms with Crippen LogP contribution in [0.25, 0.3) is 11.4 Å². The lowest BCUT2D eigenvalue weighted by molar-refractivity contribution is 0.631. The number of benzene rings is 1. The number of H-pyrrole nitrogens is 1. The highest BCUT2D eigenvalue weighted by molar-refractivity contribution is 7.81. The Kier molecular flexibility index (Phi) is 3.86. The fourth-order valence-electron chi connectivity index (χ4n) is 1.97. The van der Waals surface area contributed by atoms with Gasteiger partial charge < -0.3 is 16.0 Å². The molecule has 0 fully saturated rings. The molecule has 3 aromatic rings. The summed E-state index contributed by atoms with van der Waals surface area (Å²) >= 11 is 6.75. The number of nitrogens with two attached hydrogens (primary N) is 1. The number of hydrogen-bond donors (Lipinski definition) is 3. The van der Waals surface area contributed by atoms with Crippen molar-refractivity contribution < 1.29 is 4.39 Å². The number of nitrogens with zero attached hydrogens (tertiary/aromatic N) is 2. The van der Waals surface area contributed by atoms with Crippen LogP contribution < -0.4 is 11.1 Å². The van der Waals surface area contributed by atoms with E-state index in [-0.39, 0.29) is 5.69 Å². The molecule has 0 aliphatic heterocycles. The lowest BCUT2D eigenvalue weighted by atomic mass is 10.1. The van der Waals surface area contributed by atoms with Crippen molar-refractivity contribution >= 4 is 39.4 Å². The molecule has 8 heteroatoms. The van der Waals surface area contributed by atoms with Gasteiger partial charge in [0, 0.05) is 29.0 Å². The monoisotopic (exact) mass is 333 g/mol. The van der Waals surface area contributed by atoms with E-state index < -0.39 is 5.82 Å². The van der Waals surface area contributed by atoms with Gasteiger partial charge in [0.1, 0.15) is 16.6 Å². The first-order valence-corrected chi connectivity index (χ1v) is 7.65. The molecule has 0 aliphatic carbocycles. The van der Waals surface area contributed by atoms with E-state index in [0.717, 1.165) is 5.69 Å². The van der Waals surface area contributed by atoms with Gasteiger partial charge in [-0.3, -0.25) is 0 Å². The van der Waals surface area contributed by atoms with Crippen molar-refractivity contribution in [3.63, 3.8) is 0 Å². The minimum Gasteiger partial charge on any atom is -0.398 e. The van der Waals surface area contributed by atoms with Crippen molar-refractivity contribution in [3.8, 4) is 11.4 Å². The molecule has 22 heavy (non-hydrogen) atoms. The van der Waals surface area contributed by atoms with Gasteiger partial charge in [0.25, 0.3) is 0 Å². The van der Waals surface area contributed by atoms with E-state index in [1.807, 2.05) is 12.3 Å². The van der Waals surface area contributed by atoms with Crippen LogP contribution in [-0.4, -0.2) is 19.9 Å². The average molecular weight is 333 g/mol. The maximum Gasteiger partial charge on any atom is 0.187 e. The highest BCUT2D eigenvalue weighted by atomic mass is 32.1. The molecule has 0 spiro atoms. The fourth-order valence-corrected chi connectivity index (χ4v) is 2.84. The van der Waals surface area contributed by atoms with Crippen LogP contribution in [0.5, 0.6) is 0 Å². The zero-order valence-corrected chi connectivity index (χ0v) is 13.2. The Morgan fingerprint density at radius 2 is 2.27 bits per heavy atom. The SMILES string of the molecule is Cc1c[nH]c(-c2cc(C(=S)Nc3nccs3)c(N)cc2F)n1. The second-order valence-corrected chi connectivity index (χ2v) is 5.90. The van der Waals surface area contributed by atoms with E-state index in [4.69, 9.17) is 18.0 Å². The first kappa shape index (κ1) is 14.6. The largest absolute Gasteiger partial charge is 0.398 e. The van der Waals surface area contributed by atoms with Gasteiger partial charge in [-0.1, -0.05) is 12.2 Å². The van der Waals surface area contributed by atoms with Crippen LogP contribution in [-0.2, 0) is 0 Å². The summed E-state index contributed by atoms with van der Waals surface area (Å²) in [6, 6.07) is 2.84. The van der Waals surface area contributed by atoms with Gasteiger partial charge in [0.15, 0.2) is 5.13 Å². The van der Waals surface area contributed by atoms with Gasteiger partial charge >= 0.3 is 0 Å². The van der Waals surface area contributed by atoms with E-state index in [1.54, 1.807) is 18.5 Å². The van der Waals surface area contributed by atoms with E-state index in [2.05, 4.69) is 20.3 Å². The Morgan fingerprint density at radius 3 is 2.91 bits per heavy atom. The minimum absolute atomic E-state index is 0.263. The summed E-state index contributed by atoms with van der Waals surface area (Å²) in [4.78, 5) is 11.7. The quantitative estimate of drug-likeness (QED) is 0.506. The third kappa shape index (κ3) is 2.83. The molecule has 112 valence electrons. The number of imidazole rings is 1. The van der Waals surface area contributed by atoms with Crippen molar-refractivity contribution in [1.82, 2.24) is 15.0 Å². The Bertz CT molecular complexity index is 826. The van der Waals surface area contributed by atoms with E-state index in [0.29, 0.717) is 27.1 Å². The molecule has 0 atom stereocenters. The second-order valence-electron chi connectivity index (χ2n) is 4.60. The summed E-state index contributed by atoms with van der Waals surface area (Å²) in [6.07, 6.45) is 3.37. The first-order chi connectivity index (χ1) is 10.5. The van der Waals surface area contributed by atoms with Gasteiger partial charge in [-0.25, -0.2) is 14.4 Å². The predicted molar refractivity (Wildman–Crippen MR) is 90.6 cm³/mol. The van der Waals surface area contributed by atoms with Crippen LogP contribution in [0.2, 0.25) is 0 Å². The Morgan fingerprint density at radius 1 is 1.45 bits per heavy atom. The summed E-state index contributed by atoms with van der Waals surface area (Å²) in [5, 5.41) is 5.47. The van der Waals surface area contributed by atoms with Crippen molar-refractivity contribution in [1.29, 1.82) is 0 Å². The molecular formula is C14H12FN5S2. The number of thiazole rings is 1. The lowest BCUT2D eigenvalue weighted by Gasteiger charge is -2.10. The van der Waals surface area contributed by atoms with Gasteiger partial charge in [0.2, 0.25) is 0 Å². The first-order valence-electron chi connectivity index (χ1n) is 6.37. The van der Waals surface area contributed by atoms with E-state index in [1.165, 1.54) is 17.4 Å². The second kappa shape index (κ2) is 5.82. The van der Waals surface area contributed by atoms with Crippen LogP contribution in [0.4, 0.5) is 15.2 Å². The van der Waals surface area contributed by atoms with E-state index >= 15 is 0 Å². The molecule has 1 aromatic carbocycles. The molecule has 0 bridgehead atoms. The molecule has 0 amide bonds. The highest BCUT2D eigenvalue weighted by Gasteiger charge is 2.15. The fraction of sp³-hybridized carbons (Fsp3) is 0.0714. The summed E-state index contributed by atoms with van der Waals surface area (Å²) in [6.45, 7) is 1.82. The number of anilines is 2. The van der Waals surface area contributed by atoms with Crippen molar-refractivity contribution in [2.24, 2.45) is 0 Å². The molecule has 3 rings (SSSR count). The third-order valence-corrected chi connectivity index (χ3v) is 4.01. The smallest absolute Gasteiger partial charge is 0.187 e. The number of aromatic amines is 1. The van der Waals surface area contributed by atoms with Crippen LogP contribution in [0.15, 0.2) is 29.9 Å². The maximum atomic E-state index is 14.2. The zero-order chi connectivity index (χ0) is 15.7. The molecular weight excluding hydrogens is 321 g/mol. The molecule has 4 N–H and O–H groups in total. The van der Waals surface area contributed by atoms with Gasteiger partial charge in [-0.2, -0.15) is 0 Å². The number of aromatic nitrogens is 3. The molecule has 2 heterocycles. The number of hydrogen-bond acceptors (Lipinski definition) is 5. The molecule has 0 aliphatic rings. The molecule has 5 nitrogen and oxygen atoms in total. The number of nitrogens with one attached hydrogen (secondary N) is 2. The van der Waals surface area contributed by atoms with Crippen molar-refractivity contribution in [3.05, 3.63) is 47.0 Å². The van der Waals surface area contributed by atoms with Gasteiger partial charge in [-0.15, -0.1) is 11.3 Å². The molecule has 0 unspecified atom stereocenters. The standard InChI is InChI=1S/C14H12FN5S2/c1-7-6-18-12(19-7)8-4-9(11(16)5-10(8)15)13(21)20-14-17-2-3-22-14/h2-6H,16H2,1H3,(H,18,19)(H,17,20,21). The molecule has 0 saturated heterocycles. The van der Waals surface area contributed by atoms with Gasteiger partial charge in [0.05, 0.1) is 11.3 Å². The van der Waals surface area contributed by atoms with Crippen molar-refractivity contribution in [2.45, 2.75) is 6.92 Å². The number of halogens is 1. The summed E-state index contributed by atoms with van der Waals surface area (Å²) < 4.78 is 14.2. The normalized spacial score (nSPS) is 10.6. The van der Waals surface area contributed by atoms with Crippen LogP contribution in [0, 0.1) is 12.7 Å². The van der Waals surface area contributed by atoms with Gasteiger partial charge in [-0.05, 0) is 19.1 Å². The summed E-state index contributed by atoms with van der Waals surface area (Å²) in [5.41, 5.74) is 7.78. The van der Waals surface area contributed by atoms with Crippen LogP contribution >= 0.6 is 23.6 Å². The van der Waals surface area contributed by atoms with Crippen LogP contribution in [0.1, 0.15) is 11.3 Å². The zero-order valence-electron chi connectivity index (χ0n) is 11.6. The Labute approximate surface area is 135 Å². The topological polar surface area (TPSA) is 79.6 Å². The number of rotatable bonds is 3. The minimum atomic E-state index is -0.451. The lowest BCUT2D eigenvalue weighted by Crippen LogP contribution is -2.13. The molecule has 0 radical (unpaired) electrons. The highest BCUT2D eigenvalue weighted by Crippen LogP contribution is 2.26. The van der Waals surface area contributed by atoms with Crippen molar-refractivity contribution in [2.75, 3.05) is 11.1 Å². The summed E-state index contributed by atoms with van der Waals surface area (Å²) in [7, 11) is 0. The van der Waals surface area contributed by atoms with Crippen LogP contribution in [0.3, 0.4) is 0 Å². The number of aryl methyl sites for hydroxylation is 1. The predicted octanol–water partition coefficient (Wildman–Crippen LogP) is 3.35. The average Bonchev–Trinajstić information content (AvgIpc) is 3.10. The molecule has 0 saturated carbocycles. The Hall–Kier alpha value is -2.32. The third-order valence-electron chi connectivity index (χ3n) is 3.00. The summed E-state index contributed by atoms with van der Waals surface area (Å²) in [5.74, 6) is -0.0130. The van der Waals surface area contributed by atoms with E-state index in [9.17, 15) is 4.39 Å². The molecule has 2 aromatic heterocycles. The Balaban J connectivity index is 1.99.